The van der Waals surface area contributed by atoms with Crippen molar-refractivity contribution < 1.29 is 4.39 Å². The maximum atomic E-state index is 13.8. The summed E-state index contributed by atoms with van der Waals surface area (Å²) in [6.45, 7) is 0.815. The molecule has 4 nitrogen and oxygen atoms in total. The van der Waals surface area contributed by atoms with Crippen LogP contribution in [0.25, 0.3) is 0 Å². The first-order chi connectivity index (χ1) is 11.1. The van der Waals surface area contributed by atoms with E-state index in [1.165, 1.54) is 12.1 Å². The van der Waals surface area contributed by atoms with Crippen molar-refractivity contribution in [1.82, 2.24) is 10.2 Å². The molecule has 0 heterocycles. The van der Waals surface area contributed by atoms with Gasteiger partial charge in [-0.15, -0.1) is 24.0 Å². The van der Waals surface area contributed by atoms with Gasteiger partial charge in [0, 0.05) is 26.2 Å². The van der Waals surface area contributed by atoms with E-state index in [4.69, 9.17) is 5.26 Å². The molecule has 0 radical (unpaired) electrons. The third-order valence-electron chi connectivity index (χ3n) is 3.29. The van der Waals surface area contributed by atoms with Crippen molar-refractivity contribution in [2.45, 2.75) is 13.1 Å². The highest BCUT2D eigenvalue weighted by atomic mass is 127. The van der Waals surface area contributed by atoms with Crippen LogP contribution in [0.15, 0.2) is 53.5 Å². The summed E-state index contributed by atoms with van der Waals surface area (Å²) < 4.78 is 13.8. The fourth-order valence-electron chi connectivity index (χ4n) is 2.06. The molecule has 0 bridgehead atoms. The summed E-state index contributed by atoms with van der Waals surface area (Å²) in [6.07, 6.45) is 0. The lowest BCUT2D eigenvalue weighted by atomic mass is 10.1. The highest BCUT2D eigenvalue weighted by Crippen LogP contribution is 2.10. The van der Waals surface area contributed by atoms with Crippen molar-refractivity contribution >= 4 is 29.9 Å². The highest BCUT2D eigenvalue weighted by molar-refractivity contribution is 14.0. The summed E-state index contributed by atoms with van der Waals surface area (Å²) in [5, 5.41) is 12.0. The van der Waals surface area contributed by atoms with Crippen molar-refractivity contribution in [2.24, 2.45) is 4.99 Å². The minimum atomic E-state index is -0.335. The third kappa shape index (κ3) is 5.81. The number of aliphatic imine (C=N–C) groups is 1. The molecule has 0 atom stereocenters. The number of hydrogen-bond donors (Lipinski definition) is 1. The van der Waals surface area contributed by atoms with Crippen molar-refractivity contribution in [3.63, 3.8) is 0 Å². The Balaban J connectivity index is 0.00000288. The van der Waals surface area contributed by atoms with E-state index in [2.05, 4.69) is 10.3 Å². The normalized spacial score (nSPS) is 10.5. The first-order valence-electron chi connectivity index (χ1n) is 7.28. The molecule has 0 aliphatic heterocycles. The molecule has 0 aromatic heterocycles. The molecule has 0 saturated heterocycles. The molecule has 2 rings (SSSR count). The first kappa shape index (κ1) is 19.9. The second-order valence-electron chi connectivity index (χ2n) is 5.29. The van der Waals surface area contributed by atoms with E-state index in [1.807, 2.05) is 55.4 Å². The SMILES string of the molecule is CN(C)C(=NCc1ccccc1)NCc1cc(C#N)ccc1F.I. The minimum absolute atomic E-state index is 0. The Morgan fingerprint density at radius 3 is 2.54 bits per heavy atom. The maximum Gasteiger partial charge on any atom is 0.194 e. The van der Waals surface area contributed by atoms with Gasteiger partial charge in [-0.05, 0) is 23.8 Å². The van der Waals surface area contributed by atoms with Gasteiger partial charge in [0.25, 0.3) is 0 Å². The summed E-state index contributed by atoms with van der Waals surface area (Å²) in [5.74, 6) is 0.327. The van der Waals surface area contributed by atoms with Gasteiger partial charge in [0.1, 0.15) is 5.82 Å². The number of benzene rings is 2. The van der Waals surface area contributed by atoms with Crippen LogP contribution in [-0.2, 0) is 13.1 Å². The van der Waals surface area contributed by atoms with Gasteiger partial charge in [-0.25, -0.2) is 9.38 Å². The predicted molar refractivity (Wildman–Crippen MR) is 105 cm³/mol. The molecule has 2 aromatic carbocycles. The number of nitrogens with one attached hydrogen (secondary N) is 1. The lowest BCUT2D eigenvalue weighted by Crippen LogP contribution is -2.36. The lowest BCUT2D eigenvalue weighted by molar-refractivity contribution is 0.567. The van der Waals surface area contributed by atoms with Gasteiger partial charge in [0.15, 0.2) is 5.96 Å². The Morgan fingerprint density at radius 2 is 1.92 bits per heavy atom. The molecule has 6 heteroatoms. The standard InChI is InChI=1S/C18H19FN4.HI/c1-23(2)18(21-12-14-6-4-3-5-7-14)22-13-16-10-15(11-20)8-9-17(16)19;/h3-10H,12-13H2,1-2H3,(H,21,22);1H. The smallest absolute Gasteiger partial charge is 0.194 e. The van der Waals surface area contributed by atoms with E-state index < -0.39 is 0 Å². The molecule has 126 valence electrons. The number of rotatable bonds is 4. The number of halogens is 2. The maximum absolute atomic E-state index is 13.8. The van der Waals surface area contributed by atoms with E-state index in [0.717, 1.165) is 5.56 Å². The molecule has 0 saturated carbocycles. The fraction of sp³-hybridized carbons (Fsp3) is 0.222. The lowest BCUT2D eigenvalue weighted by Gasteiger charge is -2.18. The van der Waals surface area contributed by atoms with Crippen LogP contribution in [0, 0.1) is 17.1 Å². The molecule has 0 aliphatic carbocycles. The van der Waals surface area contributed by atoms with Crippen LogP contribution in [-0.4, -0.2) is 25.0 Å². The number of nitrogens with zero attached hydrogens (tertiary/aromatic N) is 3. The fourth-order valence-corrected chi connectivity index (χ4v) is 2.06. The summed E-state index contributed by atoms with van der Waals surface area (Å²) in [4.78, 5) is 6.37. The van der Waals surface area contributed by atoms with Gasteiger partial charge >= 0.3 is 0 Å². The topological polar surface area (TPSA) is 51.4 Å². The largest absolute Gasteiger partial charge is 0.352 e. The van der Waals surface area contributed by atoms with Crippen LogP contribution in [0.2, 0.25) is 0 Å². The van der Waals surface area contributed by atoms with Crippen LogP contribution in [0.1, 0.15) is 16.7 Å². The second-order valence-corrected chi connectivity index (χ2v) is 5.29. The third-order valence-corrected chi connectivity index (χ3v) is 3.29. The zero-order valence-corrected chi connectivity index (χ0v) is 16.0. The van der Waals surface area contributed by atoms with Crippen LogP contribution in [0.5, 0.6) is 0 Å². The Labute approximate surface area is 159 Å². The summed E-state index contributed by atoms with van der Waals surface area (Å²) in [6, 6.07) is 16.3. The van der Waals surface area contributed by atoms with E-state index in [0.29, 0.717) is 23.6 Å². The van der Waals surface area contributed by atoms with Crippen LogP contribution < -0.4 is 5.32 Å². The van der Waals surface area contributed by atoms with Crippen LogP contribution in [0.4, 0.5) is 4.39 Å². The quantitative estimate of drug-likeness (QED) is 0.452. The molecule has 0 fully saturated rings. The van der Waals surface area contributed by atoms with Gasteiger partial charge < -0.3 is 10.2 Å². The molecule has 0 spiro atoms. The van der Waals surface area contributed by atoms with E-state index >= 15 is 0 Å². The molecule has 2 aromatic rings. The Bertz CT molecular complexity index is 724. The van der Waals surface area contributed by atoms with Crippen molar-refractivity contribution in [2.75, 3.05) is 14.1 Å². The average molecular weight is 438 g/mol. The molecule has 24 heavy (non-hydrogen) atoms. The summed E-state index contributed by atoms with van der Waals surface area (Å²) in [5.41, 5.74) is 1.99. The minimum Gasteiger partial charge on any atom is -0.352 e. The molecule has 0 aliphatic rings. The van der Waals surface area contributed by atoms with Crippen molar-refractivity contribution in [1.29, 1.82) is 5.26 Å². The zero-order chi connectivity index (χ0) is 16.7. The number of hydrogen-bond acceptors (Lipinski definition) is 2. The summed E-state index contributed by atoms with van der Waals surface area (Å²) in [7, 11) is 3.75. The Kier molecular flexibility index (Phi) is 8.19. The molecular weight excluding hydrogens is 418 g/mol. The van der Waals surface area contributed by atoms with Gasteiger partial charge in [0.05, 0.1) is 18.2 Å². The second kappa shape index (κ2) is 9.88. The number of nitriles is 1. The molecule has 1 N–H and O–H groups in total. The molecule has 0 amide bonds. The van der Waals surface area contributed by atoms with Gasteiger partial charge in [-0.2, -0.15) is 5.26 Å². The van der Waals surface area contributed by atoms with E-state index in [1.54, 1.807) is 6.07 Å². The summed E-state index contributed by atoms with van der Waals surface area (Å²) >= 11 is 0. The van der Waals surface area contributed by atoms with Gasteiger partial charge in [-0.3, -0.25) is 0 Å². The first-order valence-corrected chi connectivity index (χ1v) is 7.28. The predicted octanol–water partition coefficient (Wildman–Crippen LogP) is 3.52. The average Bonchev–Trinajstić information content (AvgIpc) is 2.57. The Hall–Kier alpha value is -2.14. The highest BCUT2D eigenvalue weighted by Gasteiger charge is 2.06. The van der Waals surface area contributed by atoms with E-state index in [-0.39, 0.29) is 36.3 Å². The van der Waals surface area contributed by atoms with E-state index in [9.17, 15) is 4.39 Å². The van der Waals surface area contributed by atoms with Crippen molar-refractivity contribution in [3.8, 4) is 6.07 Å². The molecule has 0 unspecified atom stereocenters. The van der Waals surface area contributed by atoms with Crippen LogP contribution >= 0.6 is 24.0 Å². The monoisotopic (exact) mass is 438 g/mol. The van der Waals surface area contributed by atoms with Gasteiger partial charge in [0.2, 0.25) is 0 Å². The number of guanidine groups is 1. The zero-order valence-electron chi connectivity index (χ0n) is 13.7. The molecular formula is C18H20FIN4. The van der Waals surface area contributed by atoms with Crippen molar-refractivity contribution in [3.05, 3.63) is 71.0 Å². The van der Waals surface area contributed by atoms with Gasteiger partial charge in [-0.1, -0.05) is 30.3 Å². The Morgan fingerprint density at radius 1 is 1.21 bits per heavy atom. The van der Waals surface area contributed by atoms with Crippen LogP contribution in [0.3, 0.4) is 0 Å².